The number of hydrogen-bond donors (Lipinski definition) is 3. The van der Waals surface area contributed by atoms with Gasteiger partial charge in [0.05, 0.1) is 6.92 Å². The second-order valence-electron chi connectivity index (χ2n) is 1.17. The summed E-state index contributed by atoms with van der Waals surface area (Å²) in [5.74, 6) is 0. The lowest BCUT2D eigenvalue weighted by Crippen LogP contribution is -1.96. The summed E-state index contributed by atoms with van der Waals surface area (Å²) in [6.07, 6.45) is 0. The van der Waals surface area contributed by atoms with Crippen molar-refractivity contribution >= 4 is 22.7 Å². The molecule has 0 aromatic heterocycles. The van der Waals surface area contributed by atoms with Gasteiger partial charge in [-0.2, -0.15) is 0 Å². The van der Waals surface area contributed by atoms with E-state index in [1.54, 1.807) is 0 Å². The number of hydrogen-bond acceptors (Lipinski definition) is 1. The molecular weight excluding hydrogens is 149 g/mol. The standard InChI is InChI=1S/C2H6NO3PS/c1-2(4)8-7(3,5)6/h1H3,(H3-,3,4,5,6)/p+1. The van der Waals surface area contributed by atoms with E-state index in [0.717, 1.165) is 0 Å². The first-order chi connectivity index (χ1) is 3.42. The van der Waals surface area contributed by atoms with Gasteiger partial charge in [0.25, 0.3) is 0 Å². The molecule has 4 N–H and O–H groups in total. The maximum Gasteiger partial charge on any atom is 0.456 e. The molecule has 0 aromatic carbocycles. The zero-order valence-corrected chi connectivity index (χ0v) is 5.95. The molecular formula is C2H7NO3PS+. The maximum absolute atomic E-state index is 10.1. The second kappa shape index (κ2) is 2.66. The van der Waals surface area contributed by atoms with E-state index in [9.17, 15) is 4.79 Å². The van der Waals surface area contributed by atoms with Crippen LogP contribution in [0.3, 0.4) is 0 Å². The molecule has 0 atom stereocenters. The maximum atomic E-state index is 10.1. The second-order valence-corrected chi connectivity index (χ2v) is 5.27. The van der Waals surface area contributed by atoms with Gasteiger partial charge in [0.1, 0.15) is 0 Å². The highest BCUT2D eigenvalue weighted by molar-refractivity contribution is 8.25. The van der Waals surface area contributed by atoms with Crippen LogP contribution in [0.4, 0.5) is 0 Å². The zero-order valence-electron chi connectivity index (χ0n) is 4.24. The zero-order chi connectivity index (χ0) is 6.78. The fourth-order valence-electron chi connectivity index (χ4n) is 0.189. The molecule has 8 heavy (non-hydrogen) atoms. The minimum absolute atomic E-state index is 0.373. The highest BCUT2D eigenvalue weighted by Gasteiger charge is 2.19. The molecule has 0 unspecified atom stereocenters. The van der Waals surface area contributed by atoms with E-state index in [4.69, 9.17) is 15.3 Å². The monoisotopic (exact) mass is 156 g/mol. The Morgan fingerprint density at radius 2 is 2.12 bits per heavy atom. The van der Waals surface area contributed by atoms with Crippen LogP contribution >= 0.6 is 6.64 Å². The Morgan fingerprint density at radius 3 is 2.12 bits per heavy atom. The molecule has 0 fully saturated rings. The topological polar surface area (TPSA) is 83.6 Å². The van der Waals surface area contributed by atoms with Gasteiger partial charge < -0.3 is 0 Å². The Labute approximate surface area is 50.5 Å². The quantitative estimate of drug-likeness (QED) is 0.318. The number of nitrogens with two attached hydrogens (primary N) is 1. The van der Waals surface area contributed by atoms with Crippen molar-refractivity contribution in [2.45, 2.75) is 6.92 Å². The summed E-state index contributed by atoms with van der Waals surface area (Å²) >= 11 is 0. The Hall–Kier alpha value is 0.200. The van der Waals surface area contributed by atoms with Gasteiger partial charge >= 0.3 is 22.7 Å². The minimum Gasteiger partial charge on any atom is -0.299 e. The molecule has 0 radical (unpaired) electrons. The molecule has 4 nitrogen and oxygen atoms in total. The van der Waals surface area contributed by atoms with Gasteiger partial charge in [0.2, 0.25) is 0 Å². The molecule has 0 spiro atoms. The van der Waals surface area contributed by atoms with E-state index >= 15 is 0 Å². The average molecular weight is 156 g/mol. The molecule has 0 aliphatic heterocycles. The van der Waals surface area contributed by atoms with Crippen LogP contribution in [0, 0.1) is 0 Å². The molecule has 6 heteroatoms. The summed E-state index contributed by atoms with van der Waals surface area (Å²) in [5.41, 5.74) is 4.70. The predicted octanol–water partition coefficient (Wildman–Crippen LogP) is -0.764. The lowest BCUT2D eigenvalue weighted by molar-refractivity contribution is -0.109. The van der Waals surface area contributed by atoms with E-state index in [0.29, 0.717) is 10.9 Å². The fraction of sp³-hybridized carbons (Fsp3) is 0.500. The molecule has 48 valence electrons. The van der Waals surface area contributed by atoms with Crippen molar-refractivity contribution in [1.29, 1.82) is 0 Å². The van der Waals surface area contributed by atoms with Gasteiger partial charge in [-0.3, -0.25) is 9.79 Å². The summed E-state index contributed by atoms with van der Waals surface area (Å²) in [4.78, 5) is 26.8. The van der Waals surface area contributed by atoms with Crippen LogP contribution in [0.2, 0.25) is 0 Å². The highest BCUT2D eigenvalue weighted by atomic mass is 32.5. The van der Waals surface area contributed by atoms with E-state index in [2.05, 4.69) is 0 Å². The SMILES string of the molecule is CC(=O)[S+]=P(N)(O)O. The smallest absolute Gasteiger partial charge is 0.299 e. The van der Waals surface area contributed by atoms with Gasteiger partial charge in [-0.05, 0) is 0 Å². The van der Waals surface area contributed by atoms with Crippen LogP contribution in [0.5, 0.6) is 0 Å². The Bertz CT molecular complexity index is 141. The molecule has 0 amide bonds. The van der Waals surface area contributed by atoms with E-state index in [1.807, 2.05) is 0 Å². The van der Waals surface area contributed by atoms with Crippen molar-refractivity contribution in [2.75, 3.05) is 0 Å². The summed E-state index contributed by atoms with van der Waals surface area (Å²) in [7, 11) is 0.373. The third-order valence-electron chi connectivity index (χ3n) is 0.263. The first-order valence-corrected chi connectivity index (χ1v) is 4.93. The number of rotatable bonds is 0. The van der Waals surface area contributed by atoms with Crippen LogP contribution in [0.15, 0.2) is 0 Å². The normalized spacial score (nSPS) is 11.0. The number of carbonyl (C=O) groups is 1. The number of carbonyl (C=O) groups excluding carboxylic acids is 1. The van der Waals surface area contributed by atoms with Crippen LogP contribution in [0.1, 0.15) is 6.92 Å². The minimum atomic E-state index is -3.40. The molecule has 0 aliphatic carbocycles. The molecule has 0 aromatic rings. The van der Waals surface area contributed by atoms with Gasteiger partial charge in [0.15, 0.2) is 0 Å². The first-order valence-electron chi connectivity index (χ1n) is 1.75. The van der Waals surface area contributed by atoms with Crippen molar-refractivity contribution in [3.05, 3.63) is 0 Å². The van der Waals surface area contributed by atoms with Crippen LogP contribution in [0.25, 0.3) is 0 Å². The molecule has 0 saturated carbocycles. The Balaban J connectivity index is 4.17. The van der Waals surface area contributed by atoms with Crippen LogP contribution in [-0.4, -0.2) is 14.9 Å². The van der Waals surface area contributed by atoms with Gasteiger partial charge in [-0.1, -0.05) is 0 Å². The third kappa shape index (κ3) is 6.20. The summed E-state index contributed by atoms with van der Waals surface area (Å²) < 4.78 is 0. The summed E-state index contributed by atoms with van der Waals surface area (Å²) in [5, 5.41) is -0.383. The van der Waals surface area contributed by atoms with Crippen molar-refractivity contribution in [3.63, 3.8) is 0 Å². The van der Waals surface area contributed by atoms with Gasteiger partial charge in [-0.25, -0.2) is 10.3 Å². The van der Waals surface area contributed by atoms with Crippen molar-refractivity contribution in [3.8, 4) is 0 Å². The molecule has 0 bridgehead atoms. The van der Waals surface area contributed by atoms with E-state index in [-0.39, 0.29) is 5.12 Å². The Kier molecular flexibility index (Phi) is 2.73. The summed E-state index contributed by atoms with van der Waals surface area (Å²) in [6.45, 7) is -2.18. The first kappa shape index (κ1) is 8.20. The molecule has 0 rings (SSSR count). The highest BCUT2D eigenvalue weighted by Crippen LogP contribution is 2.25. The Morgan fingerprint density at radius 1 is 1.75 bits per heavy atom. The predicted molar refractivity (Wildman–Crippen MR) is 33.6 cm³/mol. The molecule has 0 heterocycles. The van der Waals surface area contributed by atoms with E-state index in [1.165, 1.54) is 6.92 Å². The lowest BCUT2D eigenvalue weighted by Gasteiger charge is -1.83. The third-order valence-corrected chi connectivity index (χ3v) is 2.37. The molecule has 0 saturated heterocycles. The van der Waals surface area contributed by atoms with Crippen LogP contribution < -0.4 is 5.50 Å². The largest absolute Gasteiger partial charge is 0.456 e. The van der Waals surface area contributed by atoms with Gasteiger partial charge in [0, 0.05) is 0 Å². The van der Waals surface area contributed by atoms with E-state index < -0.39 is 6.64 Å². The fourth-order valence-corrected chi connectivity index (χ4v) is 1.70. The molecule has 0 aliphatic rings. The van der Waals surface area contributed by atoms with Gasteiger partial charge in [-0.15, -0.1) is 0 Å². The lowest BCUT2D eigenvalue weighted by atomic mass is 10.9. The van der Waals surface area contributed by atoms with Crippen molar-refractivity contribution in [1.82, 2.24) is 0 Å². The van der Waals surface area contributed by atoms with Crippen molar-refractivity contribution in [2.24, 2.45) is 5.50 Å². The van der Waals surface area contributed by atoms with Crippen molar-refractivity contribution < 1.29 is 14.6 Å². The summed E-state index contributed by atoms with van der Waals surface area (Å²) in [6, 6.07) is 0. The van der Waals surface area contributed by atoms with Crippen LogP contribution in [-0.2, 0) is 15.7 Å². The average Bonchev–Trinajstić information content (AvgIpc) is 1.21.